The van der Waals surface area contributed by atoms with Gasteiger partial charge in [0.2, 0.25) is 0 Å². The molecule has 0 unspecified atom stereocenters. The van der Waals surface area contributed by atoms with E-state index in [4.69, 9.17) is 4.74 Å². The van der Waals surface area contributed by atoms with E-state index in [9.17, 15) is 14.0 Å². The van der Waals surface area contributed by atoms with E-state index in [-0.39, 0.29) is 5.75 Å². The van der Waals surface area contributed by atoms with E-state index in [0.29, 0.717) is 11.3 Å². The topological polar surface area (TPSA) is 55.4 Å². The third-order valence-electron chi connectivity index (χ3n) is 2.99. The predicted octanol–water partition coefficient (Wildman–Crippen LogP) is 4.17. The zero-order chi connectivity index (χ0) is 17.5. The van der Waals surface area contributed by atoms with Gasteiger partial charge in [-0.1, -0.05) is 22.0 Å². The highest BCUT2D eigenvalue weighted by atomic mass is 79.9. The van der Waals surface area contributed by atoms with Crippen molar-refractivity contribution in [3.8, 4) is 0 Å². The largest absolute Gasteiger partial charge is 0.455 e. The lowest BCUT2D eigenvalue weighted by Crippen LogP contribution is -2.21. The van der Waals surface area contributed by atoms with Gasteiger partial charge >= 0.3 is 5.97 Å². The van der Waals surface area contributed by atoms with Crippen LogP contribution in [0.2, 0.25) is 0 Å². The Morgan fingerprint density at radius 2 is 1.92 bits per heavy atom. The molecule has 0 aromatic heterocycles. The van der Waals surface area contributed by atoms with Crippen molar-refractivity contribution in [1.82, 2.24) is 0 Å². The van der Waals surface area contributed by atoms with Crippen LogP contribution in [0, 0.1) is 12.7 Å². The third kappa shape index (κ3) is 5.98. The SMILES string of the molecule is Cc1ccc(NC(=O)COC(=O)CSc2ccc(Br)cc2)cc1F. The summed E-state index contributed by atoms with van der Waals surface area (Å²) in [5, 5.41) is 2.48. The molecule has 2 rings (SSSR count). The fourth-order valence-electron chi connectivity index (χ4n) is 1.73. The molecule has 1 amide bonds. The van der Waals surface area contributed by atoms with Crippen molar-refractivity contribution in [3.05, 3.63) is 58.3 Å². The Morgan fingerprint density at radius 3 is 2.58 bits per heavy atom. The molecule has 0 aliphatic rings. The molecule has 2 aromatic rings. The van der Waals surface area contributed by atoms with Gasteiger partial charge in [-0.05, 0) is 48.9 Å². The van der Waals surface area contributed by atoms with E-state index >= 15 is 0 Å². The molecule has 0 bridgehead atoms. The van der Waals surface area contributed by atoms with Gasteiger partial charge < -0.3 is 10.1 Å². The summed E-state index contributed by atoms with van der Waals surface area (Å²) in [6, 6.07) is 11.9. The second kappa shape index (κ2) is 8.84. The van der Waals surface area contributed by atoms with Gasteiger partial charge in [-0.15, -0.1) is 11.8 Å². The molecular weight excluding hydrogens is 397 g/mol. The van der Waals surface area contributed by atoms with E-state index < -0.39 is 24.3 Å². The Hall–Kier alpha value is -1.86. The molecule has 0 atom stereocenters. The van der Waals surface area contributed by atoms with E-state index in [0.717, 1.165) is 9.37 Å². The molecule has 4 nitrogen and oxygen atoms in total. The van der Waals surface area contributed by atoms with Crippen molar-refractivity contribution in [1.29, 1.82) is 0 Å². The molecule has 0 aliphatic heterocycles. The third-order valence-corrected chi connectivity index (χ3v) is 4.50. The zero-order valence-electron chi connectivity index (χ0n) is 12.8. The summed E-state index contributed by atoms with van der Waals surface area (Å²) in [4.78, 5) is 24.3. The van der Waals surface area contributed by atoms with Gasteiger partial charge in [-0.3, -0.25) is 9.59 Å². The maximum atomic E-state index is 13.4. The highest BCUT2D eigenvalue weighted by molar-refractivity contribution is 9.10. The second-order valence-electron chi connectivity index (χ2n) is 4.92. The summed E-state index contributed by atoms with van der Waals surface area (Å²) in [5.74, 6) is -1.31. The first-order valence-electron chi connectivity index (χ1n) is 7.04. The monoisotopic (exact) mass is 411 g/mol. The summed E-state index contributed by atoms with van der Waals surface area (Å²) < 4.78 is 19.2. The van der Waals surface area contributed by atoms with E-state index in [2.05, 4.69) is 21.2 Å². The lowest BCUT2D eigenvalue weighted by atomic mass is 10.2. The lowest BCUT2D eigenvalue weighted by molar-refractivity contribution is -0.144. The normalized spacial score (nSPS) is 10.3. The van der Waals surface area contributed by atoms with Crippen LogP contribution in [0.25, 0.3) is 0 Å². The van der Waals surface area contributed by atoms with Gasteiger partial charge in [0, 0.05) is 15.1 Å². The van der Waals surface area contributed by atoms with Gasteiger partial charge in [0.25, 0.3) is 5.91 Å². The lowest BCUT2D eigenvalue weighted by Gasteiger charge is -2.07. The number of esters is 1. The molecule has 0 spiro atoms. The predicted molar refractivity (Wildman–Crippen MR) is 95.6 cm³/mol. The Balaban J connectivity index is 1.73. The molecule has 1 N–H and O–H groups in total. The van der Waals surface area contributed by atoms with Crippen LogP contribution in [0.3, 0.4) is 0 Å². The van der Waals surface area contributed by atoms with Crippen LogP contribution in [0.4, 0.5) is 10.1 Å². The molecule has 24 heavy (non-hydrogen) atoms. The number of rotatable bonds is 6. The molecule has 0 radical (unpaired) electrons. The number of hydrogen-bond acceptors (Lipinski definition) is 4. The number of benzene rings is 2. The number of carbonyl (C=O) groups is 2. The zero-order valence-corrected chi connectivity index (χ0v) is 15.2. The minimum absolute atomic E-state index is 0.105. The first-order chi connectivity index (χ1) is 11.4. The summed E-state index contributed by atoms with van der Waals surface area (Å²) >= 11 is 4.65. The average molecular weight is 412 g/mol. The minimum Gasteiger partial charge on any atom is -0.455 e. The summed E-state index contributed by atoms with van der Waals surface area (Å²) in [6.45, 7) is 1.22. The molecule has 126 valence electrons. The first kappa shape index (κ1) is 18.5. The number of aryl methyl sites for hydroxylation is 1. The number of ether oxygens (including phenoxy) is 1. The Labute approximate surface area is 151 Å². The van der Waals surface area contributed by atoms with Gasteiger partial charge in [-0.2, -0.15) is 0 Å². The van der Waals surface area contributed by atoms with Crippen LogP contribution >= 0.6 is 27.7 Å². The number of carbonyl (C=O) groups excluding carboxylic acids is 2. The first-order valence-corrected chi connectivity index (χ1v) is 8.82. The van der Waals surface area contributed by atoms with Crippen LogP contribution < -0.4 is 5.32 Å². The van der Waals surface area contributed by atoms with E-state index in [1.54, 1.807) is 19.1 Å². The van der Waals surface area contributed by atoms with Gasteiger partial charge in [-0.25, -0.2) is 4.39 Å². The van der Waals surface area contributed by atoms with Crippen molar-refractivity contribution in [2.45, 2.75) is 11.8 Å². The van der Waals surface area contributed by atoms with Crippen molar-refractivity contribution in [2.24, 2.45) is 0 Å². The van der Waals surface area contributed by atoms with Crippen LogP contribution in [0.15, 0.2) is 51.8 Å². The number of halogens is 2. The van der Waals surface area contributed by atoms with Crippen LogP contribution in [0.5, 0.6) is 0 Å². The molecule has 0 aliphatic carbocycles. The quantitative estimate of drug-likeness (QED) is 0.572. The average Bonchev–Trinajstić information content (AvgIpc) is 2.56. The maximum Gasteiger partial charge on any atom is 0.316 e. The van der Waals surface area contributed by atoms with E-state index in [1.165, 1.54) is 17.8 Å². The molecule has 2 aromatic carbocycles. The van der Waals surface area contributed by atoms with Gasteiger partial charge in [0.05, 0.1) is 5.75 Å². The number of amides is 1. The number of nitrogens with one attached hydrogen (secondary N) is 1. The number of anilines is 1. The summed E-state index contributed by atoms with van der Waals surface area (Å²) in [5.41, 5.74) is 0.813. The smallest absolute Gasteiger partial charge is 0.316 e. The fourth-order valence-corrected chi connectivity index (χ4v) is 2.69. The Kier molecular flexibility index (Phi) is 6.81. The standard InChI is InChI=1S/C17H15BrFNO3S/c1-11-2-5-13(8-15(11)19)20-16(21)9-23-17(22)10-24-14-6-3-12(18)4-7-14/h2-8H,9-10H2,1H3,(H,20,21). The maximum absolute atomic E-state index is 13.4. The number of hydrogen-bond donors (Lipinski definition) is 1. The molecule has 0 saturated heterocycles. The van der Waals surface area contributed by atoms with Crippen molar-refractivity contribution < 1.29 is 18.7 Å². The molecular formula is C17H15BrFNO3S. The van der Waals surface area contributed by atoms with Crippen LogP contribution in [0.1, 0.15) is 5.56 Å². The summed E-state index contributed by atoms with van der Waals surface area (Å²) in [7, 11) is 0. The fraction of sp³-hybridized carbons (Fsp3) is 0.176. The Morgan fingerprint density at radius 1 is 1.21 bits per heavy atom. The highest BCUT2D eigenvalue weighted by Crippen LogP contribution is 2.20. The summed E-state index contributed by atoms with van der Waals surface area (Å²) in [6.07, 6.45) is 0. The second-order valence-corrected chi connectivity index (χ2v) is 6.88. The van der Waals surface area contributed by atoms with E-state index in [1.807, 2.05) is 24.3 Å². The van der Waals surface area contributed by atoms with Crippen molar-refractivity contribution in [3.63, 3.8) is 0 Å². The number of thioether (sulfide) groups is 1. The molecule has 0 heterocycles. The molecule has 0 fully saturated rings. The minimum atomic E-state index is -0.514. The van der Waals surface area contributed by atoms with Gasteiger partial charge in [0.1, 0.15) is 5.82 Å². The Bertz CT molecular complexity index is 737. The van der Waals surface area contributed by atoms with Crippen molar-refractivity contribution >= 4 is 45.3 Å². The van der Waals surface area contributed by atoms with Crippen molar-refractivity contribution in [2.75, 3.05) is 17.7 Å². The van der Waals surface area contributed by atoms with Crippen LogP contribution in [-0.2, 0) is 14.3 Å². The van der Waals surface area contributed by atoms with Gasteiger partial charge in [0.15, 0.2) is 6.61 Å². The molecule has 0 saturated carbocycles. The highest BCUT2D eigenvalue weighted by Gasteiger charge is 2.09. The van der Waals surface area contributed by atoms with Crippen LogP contribution in [-0.4, -0.2) is 24.2 Å². The molecule has 7 heteroatoms.